The van der Waals surface area contributed by atoms with Gasteiger partial charge in [-0.2, -0.15) is 0 Å². The SMILES string of the molecule is CCOc1ccc([C@@H](C)NC(=O)Cc2ccc(CC)cc2)cc1OCC. The maximum Gasteiger partial charge on any atom is 0.224 e. The van der Waals surface area contributed by atoms with Gasteiger partial charge < -0.3 is 14.8 Å². The second-order valence-corrected chi connectivity index (χ2v) is 6.21. The normalized spacial score (nSPS) is 11.7. The lowest BCUT2D eigenvalue weighted by molar-refractivity contribution is -0.121. The molecule has 26 heavy (non-hydrogen) atoms. The average Bonchev–Trinajstić information content (AvgIpc) is 2.64. The summed E-state index contributed by atoms with van der Waals surface area (Å²) in [6.45, 7) is 9.14. The lowest BCUT2D eigenvalue weighted by Gasteiger charge is -2.17. The summed E-state index contributed by atoms with van der Waals surface area (Å²) in [6, 6.07) is 13.9. The molecule has 0 aliphatic heterocycles. The van der Waals surface area contributed by atoms with E-state index in [1.807, 2.05) is 51.1 Å². The highest BCUT2D eigenvalue weighted by Gasteiger charge is 2.13. The van der Waals surface area contributed by atoms with Gasteiger partial charge in [-0.05, 0) is 56.0 Å². The van der Waals surface area contributed by atoms with Crippen LogP contribution in [0.1, 0.15) is 50.4 Å². The molecule has 140 valence electrons. The third kappa shape index (κ3) is 5.51. The minimum Gasteiger partial charge on any atom is -0.490 e. The molecule has 0 aromatic heterocycles. The maximum atomic E-state index is 12.4. The fourth-order valence-corrected chi connectivity index (χ4v) is 2.79. The van der Waals surface area contributed by atoms with Crippen molar-refractivity contribution in [2.75, 3.05) is 13.2 Å². The quantitative estimate of drug-likeness (QED) is 0.722. The van der Waals surface area contributed by atoms with E-state index in [9.17, 15) is 4.79 Å². The van der Waals surface area contributed by atoms with Crippen LogP contribution in [0.25, 0.3) is 0 Å². The van der Waals surface area contributed by atoms with E-state index in [1.54, 1.807) is 0 Å². The van der Waals surface area contributed by atoms with Crippen LogP contribution in [0.3, 0.4) is 0 Å². The molecule has 2 aromatic rings. The van der Waals surface area contributed by atoms with E-state index < -0.39 is 0 Å². The molecule has 0 saturated carbocycles. The molecule has 0 saturated heterocycles. The van der Waals surface area contributed by atoms with Crippen molar-refractivity contribution in [2.24, 2.45) is 0 Å². The van der Waals surface area contributed by atoms with Crippen LogP contribution < -0.4 is 14.8 Å². The van der Waals surface area contributed by atoms with Crippen LogP contribution >= 0.6 is 0 Å². The highest BCUT2D eigenvalue weighted by molar-refractivity contribution is 5.79. The molecule has 4 heteroatoms. The van der Waals surface area contributed by atoms with Crippen LogP contribution in [0, 0.1) is 0 Å². The number of rotatable bonds is 9. The smallest absolute Gasteiger partial charge is 0.224 e. The van der Waals surface area contributed by atoms with Crippen LogP contribution in [0.5, 0.6) is 11.5 Å². The summed E-state index contributed by atoms with van der Waals surface area (Å²) in [4.78, 5) is 12.4. The first-order valence-corrected chi connectivity index (χ1v) is 9.34. The second kappa shape index (κ2) is 9.85. The van der Waals surface area contributed by atoms with Gasteiger partial charge in [0, 0.05) is 0 Å². The molecule has 0 aliphatic carbocycles. The largest absolute Gasteiger partial charge is 0.490 e. The Morgan fingerprint density at radius 3 is 2.15 bits per heavy atom. The molecule has 0 fully saturated rings. The second-order valence-electron chi connectivity index (χ2n) is 6.21. The predicted molar refractivity (Wildman–Crippen MR) is 105 cm³/mol. The summed E-state index contributed by atoms with van der Waals surface area (Å²) in [7, 11) is 0. The minimum atomic E-state index is -0.104. The molecular formula is C22H29NO3. The number of amides is 1. The summed E-state index contributed by atoms with van der Waals surface area (Å²) in [5.41, 5.74) is 3.29. The van der Waals surface area contributed by atoms with E-state index in [1.165, 1.54) is 5.56 Å². The first-order chi connectivity index (χ1) is 12.6. The Morgan fingerprint density at radius 2 is 1.54 bits per heavy atom. The number of carbonyl (C=O) groups is 1. The number of ether oxygens (including phenoxy) is 2. The molecule has 1 amide bonds. The van der Waals surface area contributed by atoms with E-state index in [0.29, 0.717) is 25.4 Å². The fourth-order valence-electron chi connectivity index (χ4n) is 2.79. The molecule has 0 heterocycles. The van der Waals surface area contributed by atoms with Crippen LogP contribution in [0.15, 0.2) is 42.5 Å². The Kier molecular flexibility index (Phi) is 7.52. The number of aryl methyl sites for hydroxylation is 1. The van der Waals surface area contributed by atoms with Crippen molar-refractivity contribution in [3.05, 3.63) is 59.2 Å². The van der Waals surface area contributed by atoms with Crippen molar-refractivity contribution in [1.82, 2.24) is 5.32 Å². The number of benzene rings is 2. The molecular weight excluding hydrogens is 326 g/mol. The molecule has 0 aliphatic rings. The minimum absolute atomic E-state index is 0.00796. The van der Waals surface area contributed by atoms with Crippen molar-refractivity contribution < 1.29 is 14.3 Å². The van der Waals surface area contributed by atoms with Gasteiger partial charge in [0.15, 0.2) is 11.5 Å². The zero-order valence-corrected chi connectivity index (χ0v) is 16.2. The van der Waals surface area contributed by atoms with Gasteiger partial charge in [-0.15, -0.1) is 0 Å². The van der Waals surface area contributed by atoms with Crippen molar-refractivity contribution in [3.63, 3.8) is 0 Å². The summed E-state index contributed by atoms with van der Waals surface area (Å²) >= 11 is 0. The van der Waals surface area contributed by atoms with Crippen LogP contribution in [-0.2, 0) is 17.6 Å². The third-order valence-corrected chi connectivity index (χ3v) is 4.24. The Bertz CT molecular complexity index is 710. The zero-order chi connectivity index (χ0) is 18.9. The van der Waals surface area contributed by atoms with Crippen molar-refractivity contribution >= 4 is 5.91 Å². The van der Waals surface area contributed by atoms with Crippen molar-refractivity contribution in [1.29, 1.82) is 0 Å². The first-order valence-electron chi connectivity index (χ1n) is 9.34. The molecule has 2 rings (SSSR count). The van der Waals surface area contributed by atoms with Gasteiger partial charge in [-0.25, -0.2) is 0 Å². The third-order valence-electron chi connectivity index (χ3n) is 4.24. The summed E-state index contributed by atoms with van der Waals surface area (Å²) in [5.74, 6) is 1.45. The van der Waals surface area contributed by atoms with Crippen molar-refractivity contribution in [2.45, 2.75) is 46.6 Å². The van der Waals surface area contributed by atoms with Gasteiger partial charge in [-0.3, -0.25) is 4.79 Å². The topological polar surface area (TPSA) is 47.6 Å². The lowest BCUT2D eigenvalue weighted by Crippen LogP contribution is -2.28. The van der Waals surface area contributed by atoms with Gasteiger partial charge >= 0.3 is 0 Å². The molecule has 2 aromatic carbocycles. The van der Waals surface area contributed by atoms with Crippen LogP contribution in [0.4, 0.5) is 0 Å². The summed E-state index contributed by atoms with van der Waals surface area (Å²) in [6.07, 6.45) is 1.38. The Morgan fingerprint density at radius 1 is 0.923 bits per heavy atom. The Hall–Kier alpha value is -2.49. The van der Waals surface area contributed by atoms with E-state index in [4.69, 9.17) is 9.47 Å². The molecule has 4 nitrogen and oxygen atoms in total. The van der Waals surface area contributed by atoms with E-state index in [0.717, 1.165) is 23.3 Å². The van der Waals surface area contributed by atoms with E-state index in [-0.39, 0.29) is 11.9 Å². The molecule has 0 unspecified atom stereocenters. The molecule has 0 bridgehead atoms. The molecule has 0 spiro atoms. The van der Waals surface area contributed by atoms with Gasteiger partial charge in [0.1, 0.15) is 0 Å². The van der Waals surface area contributed by atoms with Gasteiger partial charge in [-0.1, -0.05) is 37.3 Å². The first kappa shape index (κ1) is 19.8. The Balaban J connectivity index is 2.02. The Labute approximate surface area is 156 Å². The lowest BCUT2D eigenvalue weighted by atomic mass is 10.1. The highest BCUT2D eigenvalue weighted by atomic mass is 16.5. The van der Waals surface area contributed by atoms with Crippen molar-refractivity contribution in [3.8, 4) is 11.5 Å². The monoisotopic (exact) mass is 355 g/mol. The van der Waals surface area contributed by atoms with Gasteiger partial charge in [0.2, 0.25) is 5.91 Å². The summed E-state index contributed by atoms with van der Waals surface area (Å²) in [5, 5.41) is 3.06. The van der Waals surface area contributed by atoms with Gasteiger partial charge in [0.25, 0.3) is 0 Å². The maximum absolute atomic E-state index is 12.4. The number of carbonyl (C=O) groups excluding carboxylic acids is 1. The standard InChI is InChI=1S/C22H29NO3/c1-5-17-8-10-18(11-9-17)14-22(24)23-16(4)19-12-13-20(25-6-2)21(15-19)26-7-3/h8-13,15-16H,5-7,14H2,1-4H3,(H,23,24)/t16-/m1/s1. The molecule has 1 N–H and O–H groups in total. The van der Waals surface area contributed by atoms with Crippen LogP contribution in [-0.4, -0.2) is 19.1 Å². The molecule has 0 radical (unpaired) electrons. The van der Waals surface area contributed by atoms with E-state index in [2.05, 4.69) is 24.4 Å². The summed E-state index contributed by atoms with van der Waals surface area (Å²) < 4.78 is 11.3. The fraction of sp³-hybridized carbons (Fsp3) is 0.409. The zero-order valence-electron chi connectivity index (χ0n) is 16.2. The number of nitrogens with one attached hydrogen (secondary N) is 1. The number of hydrogen-bond donors (Lipinski definition) is 1. The molecule has 1 atom stereocenters. The highest BCUT2D eigenvalue weighted by Crippen LogP contribution is 2.30. The average molecular weight is 355 g/mol. The van der Waals surface area contributed by atoms with Gasteiger partial charge in [0.05, 0.1) is 25.7 Å². The number of hydrogen-bond acceptors (Lipinski definition) is 3. The predicted octanol–water partition coefficient (Wildman–Crippen LogP) is 4.47. The van der Waals surface area contributed by atoms with E-state index >= 15 is 0 Å². The van der Waals surface area contributed by atoms with Crippen LogP contribution in [0.2, 0.25) is 0 Å².